The second kappa shape index (κ2) is 5.97. The molecule has 4 N–H and O–H groups in total. The van der Waals surface area contributed by atoms with E-state index in [0.717, 1.165) is 11.3 Å². The minimum absolute atomic E-state index is 0.131. The van der Waals surface area contributed by atoms with Gasteiger partial charge in [0.05, 0.1) is 13.7 Å². The lowest BCUT2D eigenvalue weighted by Crippen LogP contribution is -2.30. The summed E-state index contributed by atoms with van der Waals surface area (Å²) >= 11 is 0. The smallest absolute Gasteiger partial charge is 0.153 e. The lowest BCUT2D eigenvalue weighted by atomic mass is 10.1. The van der Waals surface area contributed by atoms with Crippen LogP contribution < -0.4 is 15.8 Å². The van der Waals surface area contributed by atoms with Crippen molar-refractivity contribution in [1.82, 2.24) is 5.32 Å². The predicted octanol–water partition coefficient (Wildman–Crippen LogP) is 1.09. The van der Waals surface area contributed by atoms with Gasteiger partial charge < -0.3 is 21.0 Å². The number of methoxy groups -OCH3 is 1. The first kappa shape index (κ1) is 12.3. The first-order valence-corrected chi connectivity index (χ1v) is 5.01. The Hall–Kier alpha value is -1.75. The number of nitrogens with zero attached hydrogens (tertiary/aromatic N) is 1. The number of nitrogens with two attached hydrogens (primary N) is 1. The minimum atomic E-state index is 0.131. The fourth-order valence-electron chi connectivity index (χ4n) is 1.30. The van der Waals surface area contributed by atoms with Gasteiger partial charge in [0, 0.05) is 6.04 Å². The molecule has 0 amide bonds. The van der Waals surface area contributed by atoms with Gasteiger partial charge in [-0.05, 0) is 24.6 Å². The molecule has 0 heterocycles. The number of hydrogen-bond acceptors (Lipinski definition) is 4. The number of rotatable bonds is 5. The summed E-state index contributed by atoms with van der Waals surface area (Å²) in [6.45, 7) is 2.36. The quantitative estimate of drug-likeness (QED) is 0.302. The van der Waals surface area contributed by atoms with E-state index in [-0.39, 0.29) is 11.9 Å². The Morgan fingerprint density at radius 3 is 2.62 bits per heavy atom. The molecule has 0 aliphatic carbocycles. The van der Waals surface area contributed by atoms with E-state index in [0.29, 0.717) is 6.54 Å². The molecule has 0 aromatic heterocycles. The molecule has 0 unspecified atom stereocenters. The molecule has 1 aromatic carbocycles. The van der Waals surface area contributed by atoms with Crippen molar-refractivity contribution >= 4 is 5.84 Å². The van der Waals surface area contributed by atoms with Gasteiger partial charge in [-0.25, -0.2) is 0 Å². The summed E-state index contributed by atoms with van der Waals surface area (Å²) in [7, 11) is 1.63. The van der Waals surface area contributed by atoms with Gasteiger partial charge >= 0.3 is 0 Å². The van der Waals surface area contributed by atoms with Crippen LogP contribution in [0.3, 0.4) is 0 Å². The van der Waals surface area contributed by atoms with Crippen LogP contribution in [0.15, 0.2) is 29.4 Å². The van der Waals surface area contributed by atoms with E-state index in [9.17, 15) is 0 Å². The Morgan fingerprint density at radius 1 is 1.50 bits per heavy atom. The summed E-state index contributed by atoms with van der Waals surface area (Å²) in [5, 5.41) is 14.4. The summed E-state index contributed by atoms with van der Waals surface area (Å²) in [5.41, 5.74) is 6.48. The topological polar surface area (TPSA) is 79.9 Å². The number of benzene rings is 1. The van der Waals surface area contributed by atoms with Crippen molar-refractivity contribution in [3.8, 4) is 5.75 Å². The third-order valence-corrected chi connectivity index (χ3v) is 2.33. The Labute approximate surface area is 94.9 Å². The second-order valence-corrected chi connectivity index (χ2v) is 3.47. The van der Waals surface area contributed by atoms with Crippen LogP contribution in [0.2, 0.25) is 0 Å². The molecule has 1 aromatic rings. The van der Waals surface area contributed by atoms with E-state index in [4.69, 9.17) is 15.7 Å². The Balaban J connectivity index is 2.55. The van der Waals surface area contributed by atoms with Gasteiger partial charge in [-0.15, -0.1) is 0 Å². The van der Waals surface area contributed by atoms with Crippen molar-refractivity contribution in [2.24, 2.45) is 10.9 Å². The number of oxime groups is 1. The SMILES string of the molecule is COc1ccc([C@H](C)NC/C(N)=N/O)cc1. The highest BCUT2D eigenvalue weighted by molar-refractivity contribution is 5.81. The number of ether oxygens (including phenoxy) is 1. The van der Waals surface area contributed by atoms with E-state index in [1.807, 2.05) is 31.2 Å². The molecular formula is C11H17N3O2. The Morgan fingerprint density at radius 2 is 2.12 bits per heavy atom. The first-order valence-electron chi connectivity index (χ1n) is 5.01. The van der Waals surface area contributed by atoms with Gasteiger partial charge in [0.1, 0.15) is 5.75 Å². The lowest BCUT2D eigenvalue weighted by Gasteiger charge is -2.13. The number of hydrogen-bond donors (Lipinski definition) is 3. The maximum Gasteiger partial charge on any atom is 0.153 e. The van der Waals surface area contributed by atoms with Gasteiger partial charge in [-0.1, -0.05) is 17.3 Å². The normalized spacial score (nSPS) is 13.5. The molecule has 0 fully saturated rings. The molecule has 1 atom stereocenters. The first-order chi connectivity index (χ1) is 7.67. The number of nitrogens with one attached hydrogen (secondary N) is 1. The summed E-state index contributed by atoms with van der Waals surface area (Å²) in [5.74, 6) is 0.993. The van der Waals surface area contributed by atoms with Crippen molar-refractivity contribution in [3.05, 3.63) is 29.8 Å². The van der Waals surface area contributed by atoms with Gasteiger partial charge in [0.2, 0.25) is 0 Å². The summed E-state index contributed by atoms with van der Waals surface area (Å²) in [4.78, 5) is 0. The third-order valence-electron chi connectivity index (χ3n) is 2.33. The van der Waals surface area contributed by atoms with Crippen LogP contribution >= 0.6 is 0 Å². The second-order valence-electron chi connectivity index (χ2n) is 3.47. The average Bonchev–Trinajstić information content (AvgIpc) is 2.35. The van der Waals surface area contributed by atoms with Gasteiger partial charge in [0.15, 0.2) is 5.84 Å². The van der Waals surface area contributed by atoms with Crippen LogP contribution in [-0.2, 0) is 0 Å². The standard InChI is InChI=1S/C11H17N3O2/c1-8(13-7-11(12)14-15)9-3-5-10(16-2)6-4-9/h3-6,8,13,15H,7H2,1-2H3,(H2,12,14)/t8-/m0/s1. The summed E-state index contributed by atoms with van der Waals surface area (Å²) < 4.78 is 5.07. The van der Waals surface area contributed by atoms with Crippen molar-refractivity contribution < 1.29 is 9.94 Å². The van der Waals surface area contributed by atoms with E-state index < -0.39 is 0 Å². The van der Waals surface area contributed by atoms with Crippen molar-refractivity contribution in [2.75, 3.05) is 13.7 Å². The molecule has 0 bridgehead atoms. The Kier molecular flexibility index (Phi) is 4.60. The molecule has 0 spiro atoms. The van der Waals surface area contributed by atoms with Gasteiger partial charge in [-0.3, -0.25) is 0 Å². The molecular weight excluding hydrogens is 206 g/mol. The highest BCUT2D eigenvalue weighted by Gasteiger charge is 2.05. The van der Waals surface area contributed by atoms with E-state index in [1.54, 1.807) is 7.11 Å². The largest absolute Gasteiger partial charge is 0.497 e. The van der Waals surface area contributed by atoms with Gasteiger partial charge in [-0.2, -0.15) is 0 Å². The summed E-state index contributed by atoms with van der Waals surface area (Å²) in [6, 6.07) is 7.88. The third kappa shape index (κ3) is 3.43. The van der Waals surface area contributed by atoms with Crippen LogP contribution in [0.5, 0.6) is 5.75 Å². The summed E-state index contributed by atoms with van der Waals surface area (Å²) in [6.07, 6.45) is 0. The fraction of sp³-hybridized carbons (Fsp3) is 0.364. The zero-order valence-corrected chi connectivity index (χ0v) is 9.47. The van der Waals surface area contributed by atoms with Crippen LogP contribution in [0.25, 0.3) is 0 Å². The molecule has 0 radical (unpaired) electrons. The molecule has 88 valence electrons. The lowest BCUT2D eigenvalue weighted by molar-refractivity contribution is 0.316. The molecule has 1 rings (SSSR count). The maximum atomic E-state index is 8.39. The van der Waals surface area contributed by atoms with Crippen molar-refractivity contribution in [1.29, 1.82) is 0 Å². The van der Waals surface area contributed by atoms with E-state index in [2.05, 4.69) is 10.5 Å². The van der Waals surface area contributed by atoms with Crippen LogP contribution in [0, 0.1) is 0 Å². The number of amidine groups is 1. The maximum absolute atomic E-state index is 8.39. The van der Waals surface area contributed by atoms with Crippen LogP contribution in [0.4, 0.5) is 0 Å². The van der Waals surface area contributed by atoms with Crippen molar-refractivity contribution in [2.45, 2.75) is 13.0 Å². The average molecular weight is 223 g/mol. The monoisotopic (exact) mass is 223 g/mol. The zero-order valence-electron chi connectivity index (χ0n) is 9.47. The highest BCUT2D eigenvalue weighted by Crippen LogP contribution is 2.16. The molecule has 0 aliphatic rings. The molecule has 5 nitrogen and oxygen atoms in total. The van der Waals surface area contributed by atoms with Gasteiger partial charge in [0.25, 0.3) is 0 Å². The van der Waals surface area contributed by atoms with E-state index >= 15 is 0 Å². The molecule has 0 aliphatic heterocycles. The van der Waals surface area contributed by atoms with Crippen LogP contribution in [0.1, 0.15) is 18.5 Å². The molecule has 5 heteroatoms. The molecule has 0 saturated heterocycles. The minimum Gasteiger partial charge on any atom is -0.497 e. The molecule has 0 saturated carbocycles. The zero-order chi connectivity index (χ0) is 12.0. The van der Waals surface area contributed by atoms with Crippen molar-refractivity contribution in [3.63, 3.8) is 0 Å². The Bertz CT molecular complexity index is 349. The molecule has 16 heavy (non-hydrogen) atoms. The van der Waals surface area contributed by atoms with Crippen LogP contribution in [-0.4, -0.2) is 24.7 Å². The highest BCUT2D eigenvalue weighted by atomic mass is 16.5. The fourth-order valence-corrected chi connectivity index (χ4v) is 1.30. The van der Waals surface area contributed by atoms with E-state index in [1.165, 1.54) is 0 Å². The predicted molar refractivity (Wildman–Crippen MR) is 62.8 cm³/mol.